The molecule has 1 rings (SSSR count). The number of rotatable bonds is 3. The van der Waals surface area contributed by atoms with Crippen LogP contribution in [0.25, 0.3) is 0 Å². The van der Waals surface area contributed by atoms with Crippen LogP contribution >= 0.6 is 11.3 Å². The van der Waals surface area contributed by atoms with E-state index in [1.54, 1.807) is 11.4 Å². The van der Waals surface area contributed by atoms with Crippen molar-refractivity contribution in [3.63, 3.8) is 0 Å². The summed E-state index contributed by atoms with van der Waals surface area (Å²) in [5.74, 6) is -1.06. The van der Waals surface area contributed by atoms with Gasteiger partial charge in [0.05, 0.1) is 12.1 Å². The lowest BCUT2D eigenvalue weighted by Gasteiger charge is -1.96. The number of amides is 1. The van der Waals surface area contributed by atoms with Crippen LogP contribution < -0.4 is 5.32 Å². The van der Waals surface area contributed by atoms with E-state index < -0.39 is 5.97 Å². The number of carboxylic acids is 1. The first kappa shape index (κ1) is 9.73. The normalized spacial score (nSPS) is 9.62. The van der Waals surface area contributed by atoms with E-state index in [0.717, 1.165) is 4.88 Å². The number of thiophene rings is 1. The molecule has 0 atom stereocenters. The molecule has 0 aliphatic carbocycles. The van der Waals surface area contributed by atoms with Gasteiger partial charge in [0.15, 0.2) is 0 Å². The third-order valence-electron chi connectivity index (χ3n) is 1.41. The zero-order valence-electron chi connectivity index (χ0n) is 7.03. The van der Waals surface area contributed by atoms with Crippen molar-refractivity contribution < 1.29 is 14.7 Å². The predicted molar refractivity (Wildman–Crippen MR) is 48.8 cm³/mol. The molecule has 4 nitrogen and oxygen atoms in total. The topological polar surface area (TPSA) is 66.4 Å². The fourth-order valence-corrected chi connectivity index (χ4v) is 1.59. The first-order valence-corrected chi connectivity index (χ1v) is 4.52. The first-order valence-electron chi connectivity index (χ1n) is 3.64. The van der Waals surface area contributed by atoms with Gasteiger partial charge in [0.1, 0.15) is 0 Å². The third kappa shape index (κ3) is 2.87. The molecule has 1 aromatic heterocycles. The van der Waals surface area contributed by atoms with Crippen LogP contribution in [0.5, 0.6) is 0 Å². The Bertz CT molecular complexity index is 332. The Morgan fingerprint density at radius 2 is 2.31 bits per heavy atom. The summed E-state index contributed by atoms with van der Waals surface area (Å²) < 4.78 is 0. The Balaban J connectivity index is 2.59. The van der Waals surface area contributed by atoms with Crippen molar-refractivity contribution in [1.82, 2.24) is 5.32 Å². The highest BCUT2D eigenvalue weighted by Crippen LogP contribution is 2.14. The van der Waals surface area contributed by atoms with Gasteiger partial charge in [-0.2, -0.15) is 0 Å². The molecule has 0 aromatic carbocycles. The van der Waals surface area contributed by atoms with Gasteiger partial charge in [0, 0.05) is 17.2 Å². The first-order chi connectivity index (χ1) is 6.09. The number of hydrogen-bond donors (Lipinski definition) is 2. The molecule has 0 aliphatic heterocycles. The summed E-state index contributed by atoms with van der Waals surface area (Å²) in [5.41, 5.74) is 0.269. The summed E-state index contributed by atoms with van der Waals surface area (Å²) >= 11 is 1.32. The molecule has 1 amide bonds. The minimum absolute atomic E-state index is 0.120. The lowest BCUT2D eigenvalue weighted by atomic mass is 10.3. The molecule has 1 aromatic rings. The number of nitrogens with one attached hydrogen (secondary N) is 1. The minimum atomic E-state index is -0.940. The molecule has 0 bridgehead atoms. The van der Waals surface area contributed by atoms with Crippen LogP contribution in [0.4, 0.5) is 0 Å². The second-order valence-electron chi connectivity index (χ2n) is 2.52. The highest BCUT2D eigenvalue weighted by Gasteiger charge is 2.05. The molecular weight excluding hydrogens is 190 g/mol. The molecule has 0 unspecified atom stereocenters. The quantitative estimate of drug-likeness (QED) is 0.765. The second-order valence-corrected chi connectivity index (χ2v) is 3.51. The molecule has 5 heteroatoms. The van der Waals surface area contributed by atoms with E-state index in [9.17, 15) is 9.59 Å². The van der Waals surface area contributed by atoms with Crippen LogP contribution in [-0.2, 0) is 11.3 Å². The van der Waals surface area contributed by atoms with Crippen LogP contribution in [0.2, 0.25) is 0 Å². The summed E-state index contributed by atoms with van der Waals surface area (Å²) in [6.07, 6.45) is 0. The van der Waals surface area contributed by atoms with Crippen LogP contribution in [0.1, 0.15) is 22.2 Å². The fraction of sp³-hybridized carbons (Fsp3) is 0.250. The SMILES string of the molecule is CC(=O)NCc1cc(C(=O)O)cs1. The summed E-state index contributed by atoms with van der Waals surface area (Å²) in [6, 6.07) is 1.56. The van der Waals surface area contributed by atoms with Crippen molar-refractivity contribution in [3.8, 4) is 0 Å². The Hall–Kier alpha value is -1.36. The van der Waals surface area contributed by atoms with E-state index in [2.05, 4.69) is 5.32 Å². The van der Waals surface area contributed by atoms with Crippen molar-refractivity contribution in [1.29, 1.82) is 0 Å². The van der Waals surface area contributed by atoms with E-state index >= 15 is 0 Å². The molecule has 13 heavy (non-hydrogen) atoms. The predicted octanol–water partition coefficient (Wildman–Crippen LogP) is 1.08. The maximum absolute atomic E-state index is 10.5. The van der Waals surface area contributed by atoms with Gasteiger partial charge in [-0.05, 0) is 6.07 Å². The molecule has 70 valence electrons. The molecule has 0 fully saturated rings. The van der Waals surface area contributed by atoms with Gasteiger partial charge >= 0.3 is 5.97 Å². The van der Waals surface area contributed by atoms with E-state index in [1.807, 2.05) is 0 Å². The van der Waals surface area contributed by atoms with Gasteiger partial charge in [-0.25, -0.2) is 4.79 Å². The average Bonchev–Trinajstić information content (AvgIpc) is 2.48. The molecule has 1 heterocycles. The molecule has 2 N–H and O–H groups in total. The number of hydrogen-bond acceptors (Lipinski definition) is 3. The van der Waals surface area contributed by atoms with Gasteiger partial charge < -0.3 is 10.4 Å². The smallest absolute Gasteiger partial charge is 0.336 e. The van der Waals surface area contributed by atoms with E-state index in [4.69, 9.17) is 5.11 Å². The Labute approximate surface area is 79.2 Å². The van der Waals surface area contributed by atoms with Gasteiger partial charge in [-0.15, -0.1) is 11.3 Å². The zero-order chi connectivity index (χ0) is 9.84. The summed E-state index contributed by atoms with van der Waals surface area (Å²) in [6.45, 7) is 1.82. The van der Waals surface area contributed by atoms with Crippen LogP contribution in [0.3, 0.4) is 0 Å². The highest BCUT2D eigenvalue weighted by molar-refractivity contribution is 7.10. The van der Waals surface area contributed by atoms with Crippen molar-refractivity contribution in [2.75, 3.05) is 0 Å². The minimum Gasteiger partial charge on any atom is -0.478 e. The monoisotopic (exact) mass is 199 g/mol. The molecular formula is C8H9NO3S. The largest absolute Gasteiger partial charge is 0.478 e. The van der Waals surface area contributed by atoms with E-state index in [0.29, 0.717) is 6.54 Å². The number of carboxylic acid groups (broad SMARTS) is 1. The third-order valence-corrected chi connectivity index (χ3v) is 2.35. The van der Waals surface area contributed by atoms with Crippen molar-refractivity contribution in [2.24, 2.45) is 0 Å². The number of aromatic carboxylic acids is 1. The standard InChI is InChI=1S/C8H9NO3S/c1-5(10)9-3-7-2-6(4-13-7)8(11)12/h2,4H,3H2,1H3,(H,9,10)(H,11,12). The van der Waals surface area contributed by atoms with Gasteiger partial charge in [-0.3, -0.25) is 4.79 Å². The number of carbonyl (C=O) groups is 2. The Morgan fingerprint density at radius 3 is 2.77 bits per heavy atom. The molecule has 0 spiro atoms. The van der Waals surface area contributed by atoms with Crippen LogP contribution in [0, 0.1) is 0 Å². The maximum atomic E-state index is 10.5. The summed E-state index contributed by atoms with van der Waals surface area (Å²) in [5, 5.41) is 12.7. The van der Waals surface area contributed by atoms with Gasteiger partial charge in [0.2, 0.25) is 5.91 Å². The number of carbonyl (C=O) groups excluding carboxylic acids is 1. The van der Waals surface area contributed by atoms with Crippen molar-refractivity contribution >= 4 is 23.2 Å². The van der Waals surface area contributed by atoms with Crippen molar-refractivity contribution in [3.05, 3.63) is 21.9 Å². The zero-order valence-corrected chi connectivity index (χ0v) is 7.85. The van der Waals surface area contributed by atoms with Crippen LogP contribution in [0.15, 0.2) is 11.4 Å². The Morgan fingerprint density at radius 1 is 1.62 bits per heavy atom. The second kappa shape index (κ2) is 4.04. The summed E-state index contributed by atoms with van der Waals surface area (Å²) in [4.78, 5) is 21.8. The molecule has 0 radical (unpaired) electrons. The van der Waals surface area contributed by atoms with E-state index in [-0.39, 0.29) is 11.5 Å². The molecule has 0 aliphatic rings. The highest BCUT2D eigenvalue weighted by atomic mass is 32.1. The fourth-order valence-electron chi connectivity index (χ4n) is 0.797. The van der Waals surface area contributed by atoms with Crippen molar-refractivity contribution in [2.45, 2.75) is 13.5 Å². The lowest BCUT2D eigenvalue weighted by molar-refractivity contribution is -0.119. The summed E-state index contributed by atoms with van der Waals surface area (Å²) in [7, 11) is 0. The average molecular weight is 199 g/mol. The van der Waals surface area contributed by atoms with Gasteiger partial charge in [-0.1, -0.05) is 0 Å². The van der Waals surface area contributed by atoms with Gasteiger partial charge in [0.25, 0.3) is 0 Å². The molecule has 0 saturated heterocycles. The lowest BCUT2D eigenvalue weighted by Crippen LogP contribution is -2.18. The van der Waals surface area contributed by atoms with Crippen LogP contribution in [-0.4, -0.2) is 17.0 Å². The Kier molecular flexibility index (Phi) is 3.02. The van der Waals surface area contributed by atoms with E-state index in [1.165, 1.54) is 18.3 Å². The molecule has 0 saturated carbocycles. The maximum Gasteiger partial charge on any atom is 0.336 e.